The monoisotopic (exact) mass is 283 g/mol. The molecule has 2 fully saturated rings. The molecule has 0 aromatic carbocycles. The van der Waals surface area contributed by atoms with Gasteiger partial charge in [-0.25, -0.2) is 0 Å². The fourth-order valence-electron chi connectivity index (χ4n) is 2.89. The molecule has 2 N–H and O–H groups in total. The van der Waals surface area contributed by atoms with Gasteiger partial charge in [0.05, 0.1) is 19.2 Å². The van der Waals surface area contributed by atoms with Gasteiger partial charge in [0.15, 0.2) is 0 Å². The summed E-state index contributed by atoms with van der Waals surface area (Å²) in [4.78, 5) is 25.8. The molecule has 2 rings (SSSR count). The van der Waals surface area contributed by atoms with Gasteiger partial charge >= 0.3 is 0 Å². The first kappa shape index (κ1) is 15.3. The molecule has 6 nitrogen and oxygen atoms in total. The largest absolute Gasteiger partial charge is 0.381 e. The number of piperidine rings is 1. The number of nitrogens with zero attached hydrogens (tertiary/aromatic N) is 1. The molecular weight excluding hydrogens is 258 g/mol. The number of carbonyl (C=O) groups excluding carboxylic acids is 2. The lowest BCUT2D eigenvalue weighted by Gasteiger charge is -2.33. The van der Waals surface area contributed by atoms with Crippen LogP contribution >= 0.6 is 0 Å². The highest BCUT2D eigenvalue weighted by atomic mass is 16.5. The van der Waals surface area contributed by atoms with Crippen LogP contribution in [0.25, 0.3) is 0 Å². The van der Waals surface area contributed by atoms with Crippen LogP contribution in [0.5, 0.6) is 0 Å². The maximum absolute atomic E-state index is 12.0. The molecule has 2 amide bonds. The third kappa shape index (κ3) is 4.18. The van der Waals surface area contributed by atoms with Crippen LogP contribution in [0.4, 0.5) is 0 Å². The zero-order valence-corrected chi connectivity index (χ0v) is 12.2. The number of rotatable bonds is 5. The molecule has 0 aromatic rings. The average Bonchev–Trinajstić information content (AvgIpc) is 2.98. The predicted octanol–water partition coefficient (Wildman–Crippen LogP) is -0.260. The molecule has 0 aliphatic carbocycles. The highest BCUT2D eigenvalue weighted by molar-refractivity contribution is 5.83. The normalized spacial score (nSPS) is 27.2. The highest BCUT2D eigenvalue weighted by Crippen LogP contribution is 2.16. The summed E-state index contributed by atoms with van der Waals surface area (Å²) in [5.41, 5.74) is 0. The molecule has 0 aromatic heterocycles. The number of nitrogens with one attached hydrogen (secondary N) is 2. The van der Waals surface area contributed by atoms with E-state index < -0.39 is 0 Å². The van der Waals surface area contributed by atoms with Gasteiger partial charge in [-0.15, -0.1) is 0 Å². The van der Waals surface area contributed by atoms with Crippen LogP contribution in [0.15, 0.2) is 0 Å². The van der Waals surface area contributed by atoms with Crippen molar-refractivity contribution in [3.05, 3.63) is 0 Å². The van der Waals surface area contributed by atoms with E-state index in [9.17, 15) is 9.59 Å². The van der Waals surface area contributed by atoms with Crippen molar-refractivity contribution in [1.82, 2.24) is 15.5 Å². The molecule has 0 bridgehead atoms. The van der Waals surface area contributed by atoms with Crippen molar-refractivity contribution in [3.63, 3.8) is 0 Å². The lowest BCUT2D eigenvalue weighted by molar-refractivity contribution is -0.130. The summed E-state index contributed by atoms with van der Waals surface area (Å²) in [7, 11) is 1.65. The van der Waals surface area contributed by atoms with Gasteiger partial charge in [-0.1, -0.05) is 6.42 Å². The lowest BCUT2D eigenvalue weighted by atomic mass is 10.0. The number of carbonyl (C=O) groups is 2. The molecular formula is C14H25N3O3. The van der Waals surface area contributed by atoms with Crippen LogP contribution in [-0.4, -0.2) is 62.7 Å². The third-order valence-corrected chi connectivity index (χ3v) is 4.12. The SMILES string of the molecule is CNC(=O)[C@@H]1CCCCN1CC(=O)NC[C@H]1CCOC1. The lowest BCUT2D eigenvalue weighted by Crippen LogP contribution is -2.52. The van der Waals surface area contributed by atoms with E-state index in [0.29, 0.717) is 19.0 Å². The van der Waals surface area contributed by atoms with Crippen molar-refractivity contribution < 1.29 is 14.3 Å². The summed E-state index contributed by atoms with van der Waals surface area (Å²) in [6, 6.07) is -0.158. The number of likely N-dealkylation sites (tertiary alicyclic amines) is 1. The van der Waals surface area contributed by atoms with E-state index >= 15 is 0 Å². The first-order valence-corrected chi connectivity index (χ1v) is 7.51. The smallest absolute Gasteiger partial charge is 0.237 e. The minimum Gasteiger partial charge on any atom is -0.381 e. The zero-order chi connectivity index (χ0) is 14.4. The number of amides is 2. The molecule has 0 spiro atoms. The molecule has 2 aliphatic rings. The van der Waals surface area contributed by atoms with Crippen molar-refractivity contribution in [2.75, 3.05) is 39.9 Å². The van der Waals surface area contributed by atoms with Gasteiger partial charge in [0.25, 0.3) is 0 Å². The fraction of sp³-hybridized carbons (Fsp3) is 0.857. The van der Waals surface area contributed by atoms with Gasteiger partial charge in [0.1, 0.15) is 0 Å². The number of hydrogen-bond acceptors (Lipinski definition) is 4. The van der Waals surface area contributed by atoms with E-state index in [0.717, 1.165) is 45.4 Å². The van der Waals surface area contributed by atoms with E-state index in [-0.39, 0.29) is 17.9 Å². The molecule has 2 saturated heterocycles. The Bertz CT molecular complexity index is 343. The number of ether oxygens (including phenoxy) is 1. The van der Waals surface area contributed by atoms with E-state index in [1.165, 1.54) is 0 Å². The van der Waals surface area contributed by atoms with E-state index in [1.807, 2.05) is 4.90 Å². The maximum atomic E-state index is 12.0. The first-order valence-electron chi connectivity index (χ1n) is 7.51. The van der Waals surface area contributed by atoms with Crippen LogP contribution in [-0.2, 0) is 14.3 Å². The number of likely N-dealkylation sites (N-methyl/N-ethyl adjacent to an activating group) is 1. The van der Waals surface area contributed by atoms with E-state index in [4.69, 9.17) is 4.74 Å². The Morgan fingerprint density at radius 3 is 2.85 bits per heavy atom. The molecule has 0 saturated carbocycles. The third-order valence-electron chi connectivity index (χ3n) is 4.12. The van der Waals surface area contributed by atoms with Crippen LogP contribution in [0, 0.1) is 5.92 Å². The van der Waals surface area contributed by atoms with Crippen molar-refractivity contribution in [1.29, 1.82) is 0 Å². The summed E-state index contributed by atoms with van der Waals surface area (Å²) in [5.74, 6) is 0.462. The zero-order valence-electron chi connectivity index (χ0n) is 12.2. The molecule has 2 atom stereocenters. The molecule has 6 heteroatoms. The minimum absolute atomic E-state index is 0.00713. The molecule has 2 aliphatic heterocycles. The molecule has 0 radical (unpaired) electrons. The standard InChI is InChI=1S/C14H25N3O3/c1-15-14(19)12-4-2-3-6-17(12)9-13(18)16-8-11-5-7-20-10-11/h11-12H,2-10H2,1H3,(H,15,19)(H,16,18)/t11-,12+/m1/s1. The Morgan fingerprint density at radius 1 is 1.30 bits per heavy atom. The molecule has 2 heterocycles. The Morgan fingerprint density at radius 2 is 2.15 bits per heavy atom. The topological polar surface area (TPSA) is 70.7 Å². The second kappa shape index (κ2) is 7.59. The second-order valence-corrected chi connectivity index (χ2v) is 5.63. The van der Waals surface area contributed by atoms with Crippen molar-refractivity contribution in [2.45, 2.75) is 31.7 Å². The first-order chi connectivity index (χ1) is 9.70. The van der Waals surface area contributed by atoms with Gasteiger partial charge in [-0.05, 0) is 25.8 Å². The summed E-state index contributed by atoms with van der Waals surface area (Å²) < 4.78 is 5.29. The van der Waals surface area contributed by atoms with Gasteiger partial charge in [0, 0.05) is 26.1 Å². The number of hydrogen-bond donors (Lipinski definition) is 2. The van der Waals surface area contributed by atoms with Crippen LogP contribution < -0.4 is 10.6 Å². The fourth-order valence-corrected chi connectivity index (χ4v) is 2.89. The summed E-state index contributed by atoms with van der Waals surface area (Å²) in [5, 5.41) is 5.64. The highest BCUT2D eigenvalue weighted by Gasteiger charge is 2.29. The van der Waals surface area contributed by atoms with Crippen LogP contribution in [0.2, 0.25) is 0 Å². The second-order valence-electron chi connectivity index (χ2n) is 5.63. The van der Waals surface area contributed by atoms with Crippen molar-refractivity contribution in [2.24, 2.45) is 5.92 Å². The van der Waals surface area contributed by atoms with Crippen LogP contribution in [0.1, 0.15) is 25.7 Å². The van der Waals surface area contributed by atoms with Gasteiger partial charge in [-0.2, -0.15) is 0 Å². The van der Waals surface area contributed by atoms with E-state index in [2.05, 4.69) is 10.6 Å². The summed E-state index contributed by atoms with van der Waals surface area (Å²) >= 11 is 0. The molecule has 0 unspecified atom stereocenters. The molecule has 114 valence electrons. The van der Waals surface area contributed by atoms with Gasteiger partial charge < -0.3 is 15.4 Å². The minimum atomic E-state index is -0.158. The Kier molecular flexibility index (Phi) is 5.79. The Hall–Kier alpha value is -1.14. The predicted molar refractivity (Wildman–Crippen MR) is 75.2 cm³/mol. The summed E-state index contributed by atoms with van der Waals surface area (Å²) in [6.45, 7) is 3.34. The van der Waals surface area contributed by atoms with Gasteiger partial charge in [0.2, 0.25) is 11.8 Å². The van der Waals surface area contributed by atoms with Crippen molar-refractivity contribution >= 4 is 11.8 Å². The molecule has 20 heavy (non-hydrogen) atoms. The maximum Gasteiger partial charge on any atom is 0.237 e. The van der Waals surface area contributed by atoms with Crippen LogP contribution in [0.3, 0.4) is 0 Å². The summed E-state index contributed by atoms with van der Waals surface area (Å²) in [6.07, 6.45) is 3.96. The van der Waals surface area contributed by atoms with Crippen molar-refractivity contribution in [3.8, 4) is 0 Å². The quantitative estimate of drug-likeness (QED) is 0.729. The Balaban J connectivity index is 1.77. The van der Waals surface area contributed by atoms with Gasteiger partial charge in [-0.3, -0.25) is 14.5 Å². The average molecular weight is 283 g/mol. The van der Waals surface area contributed by atoms with E-state index in [1.54, 1.807) is 7.05 Å². The Labute approximate surface area is 120 Å².